The fraction of sp³-hybridized carbons (Fsp3) is 0.538. The van der Waals surface area contributed by atoms with Crippen molar-refractivity contribution in [1.29, 1.82) is 0 Å². The van der Waals surface area contributed by atoms with Crippen LogP contribution in [0.25, 0.3) is 0 Å². The molecule has 1 saturated heterocycles. The highest BCUT2D eigenvalue weighted by Crippen LogP contribution is 2.38. The predicted molar refractivity (Wildman–Crippen MR) is 78.9 cm³/mol. The minimum atomic E-state index is -1.32. The summed E-state index contributed by atoms with van der Waals surface area (Å²) in [5.74, 6) is 1.81. The van der Waals surface area contributed by atoms with Crippen LogP contribution in [-0.2, 0) is 21.6 Å². The third kappa shape index (κ3) is 2.89. The van der Waals surface area contributed by atoms with Gasteiger partial charge in [-0.1, -0.05) is 6.07 Å². The van der Waals surface area contributed by atoms with Crippen LogP contribution in [0.5, 0.6) is 11.5 Å². The number of benzene rings is 1. The summed E-state index contributed by atoms with van der Waals surface area (Å²) in [6, 6.07) is 5.12. The molecule has 1 heterocycles. The standard InChI is InChI=1S/C13H18O5S2/c1-17-9-5-3-6-10(18-2)11(9)12(14)13-19(15)7-4-8-20(13)16/h3,5-6,12-14H,4,7-8H2,1-2H3/t12-,19+,20+/m0/s1. The number of hydrogen-bond acceptors (Lipinski definition) is 5. The van der Waals surface area contributed by atoms with Gasteiger partial charge in [-0.2, -0.15) is 0 Å². The first-order valence-corrected chi connectivity index (χ1v) is 9.00. The maximum atomic E-state index is 12.1. The molecule has 0 radical (unpaired) electrons. The van der Waals surface area contributed by atoms with Gasteiger partial charge in [0.15, 0.2) is 0 Å². The van der Waals surface area contributed by atoms with Crippen LogP contribution in [0.4, 0.5) is 0 Å². The zero-order valence-electron chi connectivity index (χ0n) is 11.4. The van der Waals surface area contributed by atoms with Crippen molar-refractivity contribution < 1.29 is 23.0 Å². The van der Waals surface area contributed by atoms with E-state index >= 15 is 0 Å². The van der Waals surface area contributed by atoms with Crippen molar-refractivity contribution in [2.24, 2.45) is 0 Å². The van der Waals surface area contributed by atoms with E-state index in [1.54, 1.807) is 18.2 Å². The van der Waals surface area contributed by atoms with Crippen molar-refractivity contribution >= 4 is 21.6 Å². The lowest BCUT2D eigenvalue weighted by atomic mass is 10.1. The van der Waals surface area contributed by atoms with Crippen molar-refractivity contribution in [3.8, 4) is 11.5 Å². The smallest absolute Gasteiger partial charge is 0.140 e. The van der Waals surface area contributed by atoms with Crippen molar-refractivity contribution in [1.82, 2.24) is 0 Å². The third-order valence-electron chi connectivity index (χ3n) is 3.23. The molecule has 1 aromatic rings. The number of aliphatic hydroxyl groups excluding tert-OH is 1. The van der Waals surface area contributed by atoms with Crippen molar-refractivity contribution in [3.05, 3.63) is 23.8 Å². The van der Waals surface area contributed by atoms with Gasteiger partial charge in [0, 0.05) is 33.1 Å². The summed E-state index contributed by atoms with van der Waals surface area (Å²) in [4.78, 5) is 0. The van der Waals surface area contributed by atoms with Gasteiger partial charge in [0.25, 0.3) is 0 Å². The molecule has 1 N–H and O–H groups in total. The molecule has 1 fully saturated rings. The number of hydrogen-bond donors (Lipinski definition) is 1. The molecule has 5 nitrogen and oxygen atoms in total. The molecule has 1 aliphatic heterocycles. The molecule has 7 heteroatoms. The zero-order chi connectivity index (χ0) is 14.7. The summed E-state index contributed by atoms with van der Waals surface area (Å²) >= 11 is 0. The molecule has 0 saturated carbocycles. The van der Waals surface area contributed by atoms with Crippen LogP contribution in [0.15, 0.2) is 18.2 Å². The van der Waals surface area contributed by atoms with Gasteiger partial charge in [-0.3, -0.25) is 8.42 Å². The molecule has 1 aromatic carbocycles. The Morgan fingerprint density at radius 3 is 2.10 bits per heavy atom. The normalized spacial score (nSPS) is 25.1. The number of ether oxygens (including phenoxy) is 2. The monoisotopic (exact) mass is 318 g/mol. The van der Waals surface area contributed by atoms with E-state index in [1.165, 1.54) is 14.2 Å². The Labute approximate surface area is 123 Å². The summed E-state index contributed by atoms with van der Waals surface area (Å²) in [7, 11) is 0.331. The van der Waals surface area contributed by atoms with Gasteiger partial charge in [0.1, 0.15) is 22.2 Å². The first kappa shape index (κ1) is 15.5. The number of aliphatic hydroxyl groups is 1. The summed E-state index contributed by atoms with van der Waals surface area (Å²) < 4.78 is 33.9. The second-order valence-electron chi connectivity index (χ2n) is 4.41. The molecule has 0 aliphatic carbocycles. The zero-order valence-corrected chi connectivity index (χ0v) is 13.0. The first-order valence-electron chi connectivity index (χ1n) is 6.23. The molecule has 112 valence electrons. The van der Waals surface area contributed by atoms with E-state index in [0.717, 1.165) is 0 Å². The minimum absolute atomic E-state index is 0.408. The minimum Gasteiger partial charge on any atom is -0.496 e. The van der Waals surface area contributed by atoms with Crippen molar-refractivity contribution in [3.63, 3.8) is 0 Å². The maximum Gasteiger partial charge on any atom is 0.140 e. The second kappa shape index (κ2) is 6.69. The molecular weight excluding hydrogens is 300 g/mol. The van der Waals surface area contributed by atoms with Crippen LogP contribution in [0, 0.1) is 0 Å². The summed E-state index contributed by atoms with van der Waals surface area (Å²) in [5, 5.41) is 10.6. The van der Waals surface area contributed by atoms with E-state index in [1.807, 2.05) is 0 Å². The molecule has 0 aromatic heterocycles. The van der Waals surface area contributed by atoms with Crippen LogP contribution in [0.3, 0.4) is 0 Å². The molecular formula is C13H18O5S2. The SMILES string of the molecule is COc1cccc(OC)c1[C@H](O)C1[S@](=O)CCC[S@]1=O. The molecule has 3 atom stereocenters. The summed E-state index contributed by atoms with van der Waals surface area (Å²) in [6.07, 6.45) is -0.478. The molecule has 0 amide bonds. The highest BCUT2D eigenvalue weighted by Gasteiger charge is 2.37. The van der Waals surface area contributed by atoms with Gasteiger partial charge in [-0.15, -0.1) is 0 Å². The second-order valence-corrected chi connectivity index (χ2v) is 8.07. The average molecular weight is 318 g/mol. The van der Waals surface area contributed by atoms with Crippen LogP contribution in [0.2, 0.25) is 0 Å². The lowest BCUT2D eigenvalue weighted by molar-refractivity contribution is 0.183. The number of methoxy groups -OCH3 is 2. The van der Waals surface area contributed by atoms with E-state index in [2.05, 4.69) is 0 Å². The summed E-state index contributed by atoms with van der Waals surface area (Å²) in [6.45, 7) is 0. The Morgan fingerprint density at radius 1 is 1.15 bits per heavy atom. The topological polar surface area (TPSA) is 72.8 Å². The van der Waals surface area contributed by atoms with Crippen LogP contribution in [-0.4, -0.2) is 43.8 Å². The maximum absolute atomic E-state index is 12.1. The third-order valence-corrected chi connectivity index (χ3v) is 7.45. The van der Waals surface area contributed by atoms with Crippen LogP contribution in [0.1, 0.15) is 18.1 Å². The van der Waals surface area contributed by atoms with E-state index in [9.17, 15) is 13.5 Å². The molecule has 1 aliphatic rings. The van der Waals surface area contributed by atoms with Gasteiger partial charge >= 0.3 is 0 Å². The predicted octanol–water partition coefficient (Wildman–Crippen LogP) is 0.964. The largest absolute Gasteiger partial charge is 0.496 e. The van der Waals surface area contributed by atoms with Crippen molar-refractivity contribution in [2.75, 3.05) is 25.7 Å². The van der Waals surface area contributed by atoms with Gasteiger partial charge in [0.05, 0.1) is 19.8 Å². The Morgan fingerprint density at radius 2 is 1.65 bits per heavy atom. The lowest BCUT2D eigenvalue weighted by Crippen LogP contribution is -2.36. The molecule has 0 bridgehead atoms. The van der Waals surface area contributed by atoms with Crippen LogP contribution < -0.4 is 9.47 Å². The Hall–Kier alpha value is -0.920. The fourth-order valence-corrected chi connectivity index (χ4v) is 6.18. The Bertz CT molecular complexity index is 493. The van der Waals surface area contributed by atoms with E-state index in [4.69, 9.17) is 9.47 Å². The fourth-order valence-electron chi connectivity index (χ4n) is 2.29. The molecule has 20 heavy (non-hydrogen) atoms. The molecule has 0 spiro atoms. The quantitative estimate of drug-likeness (QED) is 0.895. The lowest BCUT2D eigenvalue weighted by Gasteiger charge is -2.27. The Balaban J connectivity index is 2.44. The average Bonchev–Trinajstić information content (AvgIpc) is 2.45. The van der Waals surface area contributed by atoms with Gasteiger partial charge < -0.3 is 14.6 Å². The van der Waals surface area contributed by atoms with Gasteiger partial charge in [-0.25, -0.2) is 0 Å². The van der Waals surface area contributed by atoms with E-state index in [-0.39, 0.29) is 0 Å². The highest BCUT2D eigenvalue weighted by atomic mass is 32.2. The van der Waals surface area contributed by atoms with E-state index < -0.39 is 32.3 Å². The molecule has 0 unspecified atom stereocenters. The first-order chi connectivity index (χ1) is 9.60. The van der Waals surface area contributed by atoms with Gasteiger partial charge in [0.2, 0.25) is 0 Å². The van der Waals surface area contributed by atoms with E-state index in [0.29, 0.717) is 35.0 Å². The summed E-state index contributed by atoms with van der Waals surface area (Å²) in [5.41, 5.74) is 0.408. The molecule has 2 rings (SSSR count). The van der Waals surface area contributed by atoms with Gasteiger partial charge in [-0.05, 0) is 18.6 Å². The van der Waals surface area contributed by atoms with Crippen LogP contribution >= 0.6 is 0 Å². The highest BCUT2D eigenvalue weighted by molar-refractivity contribution is 8.03. The van der Waals surface area contributed by atoms with Crippen molar-refractivity contribution in [2.45, 2.75) is 17.1 Å². The number of rotatable bonds is 4. The Kier molecular flexibility index (Phi) is 5.17.